The molecule has 0 aromatic rings. The van der Waals surface area contributed by atoms with Gasteiger partial charge in [0.1, 0.15) is 6.54 Å². The van der Waals surface area contributed by atoms with E-state index < -0.39 is 5.97 Å². The van der Waals surface area contributed by atoms with E-state index in [1.54, 1.807) is 0 Å². The van der Waals surface area contributed by atoms with E-state index in [4.69, 9.17) is 9.84 Å². The van der Waals surface area contributed by atoms with Crippen molar-refractivity contribution in [2.75, 3.05) is 46.4 Å². The molecule has 0 atom stereocenters. The molecule has 1 rings (SSSR count). The molecule has 0 aromatic carbocycles. The van der Waals surface area contributed by atoms with E-state index in [0.29, 0.717) is 19.6 Å². The number of carbonyl (C=O) groups is 3. The van der Waals surface area contributed by atoms with Crippen LogP contribution in [0.2, 0.25) is 0 Å². The Morgan fingerprint density at radius 1 is 1.47 bits per heavy atom. The van der Waals surface area contributed by atoms with Crippen molar-refractivity contribution in [3.8, 4) is 0 Å². The van der Waals surface area contributed by atoms with Gasteiger partial charge in [0.05, 0.1) is 6.61 Å². The number of rotatable bonds is 5. The quantitative estimate of drug-likeness (QED) is 0.666. The predicted octanol–water partition coefficient (Wildman–Crippen LogP) is -1.04. The number of hydrogen-bond donors (Lipinski definition) is 2. The maximum absolute atomic E-state index is 12.2. The van der Waals surface area contributed by atoms with E-state index >= 15 is 0 Å². The van der Waals surface area contributed by atoms with E-state index in [1.165, 1.54) is 16.9 Å². The van der Waals surface area contributed by atoms with Crippen molar-refractivity contribution in [1.29, 1.82) is 0 Å². The van der Waals surface area contributed by atoms with Gasteiger partial charge in [-0.05, 0) is 0 Å². The number of methoxy groups -OCH3 is 1. The Balaban J connectivity index is 2.62. The van der Waals surface area contributed by atoms with Crippen LogP contribution in [0, 0.1) is 0 Å². The van der Waals surface area contributed by atoms with Gasteiger partial charge in [-0.3, -0.25) is 9.59 Å². The number of urea groups is 1. The first-order valence-electron chi connectivity index (χ1n) is 6.06. The van der Waals surface area contributed by atoms with Crippen LogP contribution in [-0.4, -0.2) is 79.3 Å². The Bertz CT molecular complexity index is 347. The van der Waals surface area contributed by atoms with Crippen molar-refractivity contribution >= 4 is 17.9 Å². The number of nitrogens with zero attached hydrogens (tertiary/aromatic N) is 2. The third kappa shape index (κ3) is 5.12. The lowest BCUT2D eigenvalue weighted by atomic mass is 10.4. The summed E-state index contributed by atoms with van der Waals surface area (Å²) in [5.74, 6) is -1.18. The largest absolute Gasteiger partial charge is 0.480 e. The normalized spacial score (nSPS) is 15.6. The summed E-state index contributed by atoms with van der Waals surface area (Å²) in [5.41, 5.74) is 0. The maximum Gasteiger partial charge on any atom is 0.323 e. The lowest BCUT2D eigenvalue weighted by Crippen LogP contribution is -2.47. The SMILES string of the molecule is COCCN(CC(=O)O)C(=O)N1CCNC(=O)CC1. The summed E-state index contributed by atoms with van der Waals surface area (Å²) in [4.78, 5) is 36.8. The lowest BCUT2D eigenvalue weighted by molar-refractivity contribution is -0.137. The van der Waals surface area contributed by atoms with Crippen LogP contribution in [-0.2, 0) is 14.3 Å². The Hall–Kier alpha value is -1.83. The van der Waals surface area contributed by atoms with E-state index in [-0.39, 0.29) is 38.1 Å². The molecule has 0 spiro atoms. The van der Waals surface area contributed by atoms with Crippen LogP contribution in [0.1, 0.15) is 6.42 Å². The average Bonchev–Trinajstić information content (AvgIpc) is 2.58. The van der Waals surface area contributed by atoms with E-state index in [1.807, 2.05) is 0 Å². The Kier molecular flexibility index (Phi) is 6.07. The molecule has 0 radical (unpaired) electrons. The molecule has 8 heteroatoms. The van der Waals surface area contributed by atoms with Gasteiger partial charge in [-0.2, -0.15) is 0 Å². The van der Waals surface area contributed by atoms with E-state index in [9.17, 15) is 14.4 Å². The fourth-order valence-electron chi connectivity index (χ4n) is 1.77. The number of aliphatic carboxylic acids is 1. The summed E-state index contributed by atoms with van der Waals surface area (Å²) >= 11 is 0. The van der Waals surface area contributed by atoms with Gasteiger partial charge >= 0.3 is 12.0 Å². The van der Waals surface area contributed by atoms with Gasteiger partial charge in [0.15, 0.2) is 0 Å². The summed E-state index contributed by atoms with van der Waals surface area (Å²) in [6.45, 7) is 1.17. The smallest absolute Gasteiger partial charge is 0.323 e. The Labute approximate surface area is 111 Å². The molecular formula is C11H19N3O5. The van der Waals surface area contributed by atoms with Crippen LogP contribution in [0.15, 0.2) is 0 Å². The van der Waals surface area contributed by atoms with Gasteiger partial charge in [-0.1, -0.05) is 0 Å². The molecule has 0 aliphatic carbocycles. The summed E-state index contributed by atoms with van der Waals surface area (Å²) in [6, 6.07) is -0.379. The molecule has 1 aliphatic heterocycles. The van der Waals surface area contributed by atoms with Crippen LogP contribution in [0.4, 0.5) is 4.79 Å². The molecule has 3 amide bonds. The second-order valence-electron chi connectivity index (χ2n) is 4.18. The second-order valence-corrected chi connectivity index (χ2v) is 4.18. The van der Waals surface area contributed by atoms with Gasteiger partial charge < -0.3 is 25.0 Å². The van der Waals surface area contributed by atoms with Gasteiger partial charge in [0, 0.05) is 39.7 Å². The zero-order chi connectivity index (χ0) is 14.3. The maximum atomic E-state index is 12.2. The minimum Gasteiger partial charge on any atom is -0.480 e. The van der Waals surface area contributed by atoms with Crippen LogP contribution in [0.5, 0.6) is 0 Å². The summed E-state index contributed by atoms with van der Waals surface area (Å²) in [5, 5.41) is 11.5. The van der Waals surface area contributed by atoms with Gasteiger partial charge in [0.25, 0.3) is 0 Å². The van der Waals surface area contributed by atoms with Crippen LogP contribution < -0.4 is 5.32 Å². The van der Waals surface area contributed by atoms with Crippen LogP contribution in [0.25, 0.3) is 0 Å². The third-order valence-electron chi connectivity index (χ3n) is 2.75. The predicted molar refractivity (Wildman–Crippen MR) is 65.7 cm³/mol. The molecule has 0 bridgehead atoms. The number of amides is 3. The minimum absolute atomic E-state index is 0.100. The molecule has 1 fully saturated rings. The highest BCUT2D eigenvalue weighted by molar-refractivity contribution is 5.82. The number of ether oxygens (including phenoxy) is 1. The summed E-state index contributed by atoms with van der Waals surface area (Å²) in [7, 11) is 1.48. The highest BCUT2D eigenvalue weighted by Gasteiger charge is 2.24. The number of hydrogen-bond acceptors (Lipinski definition) is 4. The first-order chi connectivity index (χ1) is 9.04. The van der Waals surface area contributed by atoms with Gasteiger partial charge in [-0.15, -0.1) is 0 Å². The van der Waals surface area contributed by atoms with E-state index in [2.05, 4.69) is 5.32 Å². The highest BCUT2D eigenvalue weighted by atomic mass is 16.5. The molecule has 0 aromatic heterocycles. The molecule has 2 N–H and O–H groups in total. The molecule has 108 valence electrons. The monoisotopic (exact) mass is 273 g/mol. The molecule has 0 unspecified atom stereocenters. The Morgan fingerprint density at radius 2 is 2.21 bits per heavy atom. The van der Waals surface area contributed by atoms with Crippen LogP contribution in [0.3, 0.4) is 0 Å². The van der Waals surface area contributed by atoms with Crippen molar-refractivity contribution in [2.45, 2.75) is 6.42 Å². The molecule has 1 aliphatic rings. The van der Waals surface area contributed by atoms with Crippen molar-refractivity contribution in [3.05, 3.63) is 0 Å². The first kappa shape index (κ1) is 15.2. The minimum atomic E-state index is -1.08. The lowest BCUT2D eigenvalue weighted by Gasteiger charge is -2.28. The first-order valence-corrected chi connectivity index (χ1v) is 6.06. The van der Waals surface area contributed by atoms with Crippen LogP contribution >= 0.6 is 0 Å². The standard InChI is InChI=1S/C11H19N3O5/c1-19-7-6-14(8-10(16)17)11(18)13-4-2-9(15)12-3-5-13/h2-8H2,1H3,(H,12,15)(H,16,17). The zero-order valence-corrected chi connectivity index (χ0v) is 10.9. The highest BCUT2D eigenvalue weighted by Crippen LogP contribution is 2.03. The molecule has 1 saturated heterocycles. The molecule has 19 heavy (non-hydrogen) atoms. The number of nitrogens with one attached hydrogen (secondary N) is 1. The van der Waals surface area contributed by atoms with Crippen molar-refractivity contribution < 1.29 is 24.2 Å². The summed E-state index contributed by atoms with van der Waals surface area (Å²) in [6.07, 6.45) is 0.233. The fourth-order valence-corrected chi connectivity index (χ4v) is 1.77. The molecular weight excluding hydrogens is 254 g/mol. The third-order valence-corrected chi connectivity index (χ3v) is 2.75. The van der Waals surface area contributed by atoms with Crippen molar-refractivity contribution in [2.24, 2.45) is 0 Å². The van der Waals surface area contributed by atoms with Crippen molar-refractivity contribution in [3.63, 3.8) is 0 Å². The number of carbonyl (C=O) groups excluding carboxylic acids is 2. The second kappa shape index (κ2) is 7.57. The zero-order valence-electron chi connectivity index (χ0n) is 10.9. The molecule has 0 saturated carbocycles. The number of carboxylic acid groups (broad SMARTS) is 1. The topological polar surface area (TPSA) is 99.2 Å². The molecule has 1 heterocycles. The van der Waals surface area contributed by atoms with Gasteiger partial charge in [0.2, 0.25) is 5.91 Å². The van der Waals surface area contributed by atoms with E-state index in [0.717, 1.165) is 0 Å². The Morgan fingerprint density at radius 3 is 2.84 bits per heavy atom. The van der Waals surface area contributed by atoms with Crippen molar-refractivity contribution in [1.82, 2.24) is 15.1 Å². The number of carboxylic acids is 1. The molecule has 8 nitrogen and oxygen atoms in total. The van der Waals surface area contributed by atoms with Gasteiger partial charge in [-0.25, -0.2) is 4.79 Å². The summed E-state index contributed by atoms with van der Waals surface area (Å²) < 4.78 is 4.86. The average molecular weight is 273 g/mol. The fraction of sp³-hybridized carbons (Fsp3) is 0.727.